The first-order chi connectivity index (χ1) is 14.2. The number of fused-ring (bicyclic) bond motifs is 3. The van der Waals surface area contributed by atoms with Gasteiger partial charge in [0.25, 0.3) is 0 Å². The van der Waals surface area contributed by atoms with Gasteiger partial charge < -0.3 is 5.32 Å². The fraction of sp³-hybridized carbons (Fsp3) is 0.167. The van der Waals surface area contributed by atoms with Gasteiger partial charge in [-0.3, -0.25) is 0 Å². The van der Waals surface area contributed by atoms with E-state index in [-0.39, 0.29) is 6.04 Å². The smallest absolute Gasteiger partial charge is 0.194 e. The minimum atomic E-state index is 0.0549. The van der Waals surface area contributed by atoms with Crippen molar-refractivity contribution < 1.29 is 0 Å². The summed E-state index contributed by atoms with van der Waals surface area (Å²) in [4.78, 5) is 0. The molecule has 2 atom stereocenters. The van der Waals surface area contributed by atoms with Crippen LogP contribution in [-0.4, -0.2) is 15.8 Å². The van der Waals surface area contributed by atoms with Crippen LogP contribution in [-0.2, 0) is 6.42 Å². The summed E-state index contributed by atoms with van der Waals surface area (Å²) in [6, 6.07) is 26.7. The predicted octanol–water partition coefficient (Wildman–Crippen LogP) is 6.06. The molecule has 0 fully saturated rings. The topological polar surface area (TPSA) is 27.6 Å². The van der Waals surface area contributed by atoms with Gasteiger partial charge in [-0.05, 0) is 60.5 Å². The van der Waals surface area contributed by atoms with Gasteiger partial charge in [0.1, 0.15) is 0 Å². The van der Waals surface area contributed by atoms with Crippen LogP contribution in [0.3, 0.4) is 0 Å². The zero-order valence-electron chi connectivity index (χ0n) is 15.8. The molecule has 3 nitrogen and oxygen atoms in total. The molecular formula is C24H20ClN3S. The van der Waals surface area contributed by atoms with Crippen molar-refractivity contribution >= 4 is 40.3 Å². The highest BCUT2D eigenvalue weighted by Crippen LogP contribution is 2.43. The Morgan fingerprint density at radius 2 is 1.69 bits per heavy atom. The molecule has 0 bridgehead atoms. The van der Waals surface area contributed by atoms with Crippen LogP contribution in [0.15, 0.2) is 84.0 Å². The fourth-order valence-corrected chi connectivity index (χ4v) is 4.73. The molecule has 2 aliphatic rings. The van der Waals surface area contributed by atoms with Crippen molar-refractivity contribution in [3.05, 3.63) is 101 Å². The number of rotatable bonds is 2. The van der Waals surface area contributed by atoms with Crippen molar-refractivity contribution in [2.24, 2.45) is 11.0 Å². The highest BCUT2D eigenvalue weighted by molar-refractivity contribution is 7.80. The summed E-state index contributed by atoms with van der Waals surface area (Å²) in [5.74, 6) is 0.293. The first-order valence-corrected chi connectivity index (χ1v) is 10.6. The Morgan fingerprint density at radius 1 is 0.966 bits per heavy atom. The second-order valence-electron chi connectivity index (χ2n) is 7.42. The molecule has 0 spiro atoms. The van der Waals surface area contributed by atoms with Gasteiger partial charge in [0, 0.05) is 22.2 Å². The van der Waals surface area contributed by atoms with E-state index >= 15 is 0 Å². The molecule has 5 heteroatoms. The number of nitrogens with one attached hydrogen (secondary N) is 1. The number of hydrazone groups is 1. The molecule has 0 saturated carbocycles. The lowest BCUT2D eigenvalue weighted by molar-refractivity contribution is 0.311. The summed E-state index contributed by atoms with van der Waals surface area (Å²) in [6.45, 7) is 0. The molecular weight excluding hydrogens is 398 g/mol. The molecule has 2 unspecified atom stereocenters. The minimum Gasteiger partial charge on any atom is -0.331 e. The van der Waals surface area contributed by atoms with Crippen LogP contribution in [0.1, 0.15) is 29.2 Å². The van der Waals surface area contributed by atoms with E-state index in [2.05, 4.69) is 41.7 Å². The van der Waals surface area contributed by atoms with E-state index in [9.17, 15) is 0 Å². The second kappa shape index (κ2) is 7.62. The van der Waals surface area contributed by atoms with Crippen LogP contribution in [0.4, 0.5) is 5.69 Å². The lowest BCUT2D eigenvalue weighted by Gasteiger charge is -2.31. The highest BCUT2D eigenvalue weighted by Gasteiger charge is 2.42. The monoisotopic (exact) mass is 417 g/mol. The maximum atomic E-state index is 6.15. The average Bonchev–Trinajstić information content (AvgIpc) is 3.15. The van der Waals surface area contributed by atoms with Gasteiger partial charge in [-0.25, -0.2) is 5.01 Å². The number of hydrogen-bond acceptors (Lipinski definition) is 2. The van der Waals surface area contributed by atoms with Crippen LogP contribution in [0.2, 0.25) is 5.02 Å². The van der Waals surface area contributed by atoms with Gasteiger partial charge in [0.05, 0.1) is 11.8 Å². The maximum absolute atomic E-state index is 6.15. The lowest BCUT2D eigenvalue weighted by Crippen LogP contribution is -2.34. The zero-order valence-corrected chi connectivity index (χ0v) is 17.3. The third kappa shape index (κ3) is 3.43. The molecule has 1 N–H and O–H groups in total. The van der Waals surface area contributed by atoms with Crippen LogP contribution >= 0.6 is 23.8 Å². The van der Waals surface area contributed by atoms with Gasteiger partial charge in [0.2, 0.25) is 0 Å². The molecule has 0 radical (unpaired) electrons. The Morgan fingerprint density at radius 3 is 2.48 bits per heavy atom. The standard InChI is InChI=1S/C24H20ClN3S/c25-18-13-10-17(11-14-18)23-21-15-12-16-6-4-5-9-20(16)22(21)27-28(23)24(29)26-19-7-2-1-3-8-19/h1-11,13-14,21,23H,12,15H2,(H,26,29). The van der Waals surface area contributed by atoms with E-state index in [0.717, 1.165) is 29.3 Å². The number of para-hydroxylation sites is 1. The first-order valence-electron chi connectivity index (χ1n) is 9.78. The summed E-state index contributed by atoms with van der Waals surface area (Å²) in [5, 5.41) is 11.7. The minimum absolute atomic E-state index is 0.0549. The average molecular weight is 418 g/mol. The third-order valence-electron chi connectivity index (χ3n) is 5.67. The molecule has 1 aliphatic carbocycles. The number of hydrogen-bond donors (Lipinski definition) is 1. The molecule has 1 aliphatic heterocycles. The Kier molecular flexibility index (Phi) is 4.82. The molecule has 0 amide bonds. The Hall–Kier alpha value is -2.69. The molecule has 5 rings (SSSR count). The zero-order chi connectivity index (χ0) is 19.8. The van der Waals surface area contributed by atoms with Gasteiger partial charge >= 0.3 is 0 Å². The van der Waals surface area contributed by atoms with Crippen molar-refractivity contribution in [2.45, 2.75) is 18.9 Å². The van der Waals surface area contributed by atoms with E-state index in [1.54, 1.807) is 0 Å². The van der Waals surface area contributed by atoms with E-state index in [1.165, 1.54) is 16.7 Å². The largest absolute Gasteiger partial charge is 0.331 e. The molecule has 0 aromatic heterocycles. The Labute approximate surface area is 181 Å². The van der Waals surface area contributed by atoms with E-state index in [1.807, 2.05) is 47.5 Å². The third-order valence-corrected chi connectivity index (χ3v) is 6.22. The number of aryl methyl sites for hydroxylation is 1. The van der Waals surface area contributed by atoms with Crippen molar-refractivity contribution in [1.29, 1.82) is 0 Å². The first kappa shape index (κ1) is 18.3. The van der Waals surface area contributed by atoms with Crippen LogP contribution in [0.5, 0.6) is 0 Å². The summed E-state index contributed by atoms with van der Waals surface area (Å²) < 4.78 is 0. The van der Waals surface area contributed by atoms with Crippen molar-refractivity contribution in [3.8, 4) is 0 Å². The van der Waals surface area contributed by atoms with Gasteiger partial charge in [-0.2, -0.15) is 5.10 Å². The predicted molar refractivity (Wildman–Crippen MR) is 123 cm³/mol. The second-order valence-corrected chi connectivity index (χ2v) is 8.25. The quantitative estimate of drug-likeness (QED) is 0.513. The molecule has 144 valence electrons. The SMILES string of the molecule is S=C(Nc1ccccc1)N1N=C2c3ccccc3CCC2C1c1ccc(Cl)cc1. The van der Waals surface area contributed by atoms with Crippen LogP contribution < -0.4 is 5.32 Å². The van der Waals surface area contributed by atoms with Crippen LogP contribution in [0.25, 0.3) is 0 Å². The summed E-state index contributed by atoms with van der Waals surface area (Å²) in [5.41, 5.74) is 5.87. The number of halogens is 1. The van der Waals surface area contributed by atoms with Gasteiger partial charge in [0.15, 0.2) is 5.11 Å². The van der Waals surface area contributed by atoms with Gasteiger partial charge in [-0.15, -0.1) is 0 Å². The summed E-state index contributed by atoms with van der Waals surface area (Å²) in [6.07, 6.45) is 2.10. The van der Waals surface area contributed by atoms with Crippen molar-refractivity contribution in [3.63, 3.8) is 0 Å². The van der Waals surface area contributed by atoms with Crippen molar-refractivity contribution in [1.82, 2.24) is 5.01 Å². The van der Waals surface area contributed by atoms with E-state index in [0.29, 0.717) is 11.0 Å². The number of nitrogens with zero attached hydrogens (tertiary/aromatic N) is 2. The normalized spacial score (nSPS) is 19.9. The Balaban J connectivity index is 1.55. The number of benzene rings is 3. The molecule has 1 heterocycles. The van der Waals surface area contributed by atoms with E-state index < -0.39 is 0 Å². The number of thiocarbonyl (C=S) groups is 1. The summed E-state index contributed by atoms with van der Waals surface area (Å²) in [7, 11) is 0. The van der Waals surface area contributed by atoms with Crippen molar-refractivity contribution in [2.75, 3.05) is 5.32 Å². The lowest BCUT2D eigenvalue weighted by atomic mass is 9.77. The highest BCUT2D eigenvalue weighted by atomic mass is 35.5. The van der Waals surface area contributed by atoms with Gasteiger partial charge in [-0.1, -0.05) is 66.2 Å². The molecule has 3 aromatic carbocycles. The Bertz CT molecular complexity index is 1080. The number of anilines is 1. The maximum Gasteiger partial charge on any atom is 0.194 e. The fourth-order valence-electron chi connectivity index (χ4n) is 4.33. The van der Waals surface area contributed by atoms with E-state index in [4.69, 9.17) is 28.9 Å². The molecule has 0 saturated heterocycles. The molecule has 3 aromatic rings. The summed E-state index contributed by atoms with van der Waals surface area (Å²) >= 11 is 11.9. The molecule has 29 heavy (non-hydrogen) atoms. The van der Waals surface area contributed by atoms with Crippen LogP contribution in [0, 0.1) is 5.92 Å².